The summed E-state index contributed by atoms with van der Waals surface area (Å²) in [5, 5.41) is 0. The number of imidazole rings is 1. The molecule has 3 aromatic rings. The lowest BCUT2D eigenvalue weighted by molar-refractivity contribution is 0.0153. The zero-order valence-electron chi connectivity index (χ0n) is 13.9. The van der Waals surface area contributed by atoms with Crippen molar-refractivity contribution in [2.45, 2.75) is 43.9 Å². The van der Waals surface area contributed by atoms with E-state index in [1.165, 1.54) is 4.90 Å². The van der Waals surface area contributed by atoms with E-state index in [-0.39, 0.29) is 12.3 Å². The van der Waals surface area contributed by atoms with Crippen LogP contribution >= 0.6 is 11.8 Å². The number of hydrogen-bond donors (Lipinski definition) is 0. The van der Waals surface area contributed by atoms with E-state index in [9.17, 15) is 0 Å². The largest absolute Gasteiger partial charge is 0.354 e. The van der Waals surface area contributed by atoms with Crippen LogP contribution in [-0.2, 0) is 4.74 Å². The van der Waals surface area contributed by atoms with Crippen LogP contribution in [0.4, 0.5) is 0 Å². The Morgan fingerprint density at radius 1 is 1.17 bits per heavy atom. The molecule has 24 heavy (non-hydrogen) atoms. The zero-order valence-corrected chi connectivity index (χ0v) is 14.7. The predicted octanol–water partition coefficient (Wildman–Crippen LogP) is 3.72. The molecule has 4 heterocycles. The van der Waals surface area contributed by atoms with Crippen molar-refractivity contribution in [1.82, 2.24) is 24.5 Å². The fourth-order valence-electron chi connectivity index (χ4n) is 2.63. The van der Waals surface area contributed by atoms with Crippen LogP contribution in [0.5, 0.6) is 0 Å². The summed E-state index contributed by atoms with van der Waals surface area (Å²) in [4.78, 5) is 17.9. The number of rotatable bonds is 4. The van der Waals surface area contributed by atoms with Crippen molar-refractivity contribution in [3.8, 4) is 0 Å². The van der Waals surface area contributed by atoms with Crippen molar-refractivity contribution in [3.63, 3.8) is 0 Å². The summed E-state index contributed by atoms with van der Waals surface area (Å²) in [5.74, 6) is 0.947. The zero-order chi connectivity index (χ0) is 16.8. The van der Waals surface area contributed by atoms with Gasteiger partial charge in [0.2, 0.25) is 0 Å². The molecule has 0 N–H and O–H groups in total. The summed E-state index contributed by atoms with van der Waals surface area (Å²) in [5.41, 5.74) is 1.64. The van der Waals surface area contributed by atoms with Crippen LogP contribution in [0.1, 0.15) is 32.9 Å². The molecule has 2 atom stereocenters. The van der Waals surface area contributed by atoms with Gasteiger partial charge in [-0.05, 0) is 25.0 Å². The number of ether oxygens (including phenoxy) is 1. The molecule has 1 unspecified atom stereocenters. The molecular formula is C17H21N5OS. The van der Waals surface area contributed by atoms with Crippen LogP contribution in [0.25, 0.3) is 11.2 Å². The minimum Gasteiger partial charge on any atom is -0.354 e. The van der Waals surface area contributed by atoms with Crippen LogP contribution in [0.2, 0.25) is 0 Å². The monoisotopic (exact) mass is 343 g/mol. The summed E-state index contributed by atoms with van der Waals surface area (Å²) in [6.45, 7) is 4.00. The number of fused-ring (bicyclic) bond motifs is 1. The minimum atomic E-state index is 0.0166. The smallest absolute Gasteiger partial charge is 0.165 e. The van der Waals surface area contributed by atoms with Gasteiger partial charge in [-0.2, -0.15) is 0 Å². The number of nitrogens with zero attached hydrogens (tertiary/aromatic N) is 5. The Balaban J connectivity index is 0.000000815. The maximum atomic E-state index is 6.16. The van der Waals surface area contributed by atoms with Crippen LogP contribution in [0, 0.1) is 0 Å². The van der Waals surface area contributed by atoms with Crippen LogP contribution in [0.15, 0.2) is 48.3 Å². The maximum absolute atomic E-state index is 6.16. The molecule has 0 aliphatic carbocycles. The lowest BCUT2D eigenvalue weighted by Crippen LogP contribution is -2.13. The van der Waals surface area contributed by atoms with E-state index in [0.29, 0.717) is 0 Å². The molecule has 0 aromatic carbocycles. The third kappa shape index (κ3) is 3.73. The molecule has 0 bridgehead atoms. The Labute approximate surface area is 145 Å². The third-order valence-electron chi connectivity index (χ3n) is 3.72. The molecule has 1 saturated heterocycles. The van der Waals surface area contributed by atoms with Gasteiger partial charge in [0.15, 0.2) is 5.65 Å². The molecule has 0 radical (unpaired) electrons. The lowest BCUT2D eigenvalue weighted by atomic mass is 10.2. The summed E-state index contributed by atoms with van der Waals surface area (Å²) >= 11 is 1.81. The van der Waals surface area contributed by atoms with Crippen molar-refractivity contribution < 1.29 is 4.74 Å². The Morgan fingerprint density at radius 3 is 2.83 bits per heavy atom. The first kappa shape index (κ1) is 16.9. The Kier molecular flexibility index (Phi) is 5.77. The highest BCUT2D eigenvalue weighted by atomic mass is 32.2. The van der Waals surface area contributed by atoms with Gasteiger partial charge in [0, 0.05) is 23.0 Å². The fourth-order valence-corrected chi connectivity index (χ4v) is 3.57. The SMILES string of the molecule is CC.c1cc(SC[C@@H]2CCC(n3cnc4cncnc43)O2)ccn1. The summed E-state index contributed by atoms with van der Waals surface area (Å²) in [6.07, 6.45) is 11.0. The predicted molar refractivity (Wildman–Crippen MR) is 94.8 cm³/mol. The van der Waals surface area contributed by atoms with Crippen molar-refractivity contribution >= 4 is 22.9 Å². The molecule has 1 aliphatic heterocycles. The van der Waals surface area contributed by atoms with Crippen molar-refractivity contribution in [1.29, 1.82) is 0 Å². The van der Waals surface area contributed by atoms with Crippen molar-refractivity contribution in [3.05, 3.63) is 43.4 Å². The second-order valence-corrected chi connectivity index (χ2v) is 6.26. The van der Waals surface area contributed by atoms with E-state index in [0.717, 1.165) is 29.8 Å². The van der Waals surface area contributed by atoms with E-state index in [4.69, 9.17) is 4.74 Å². The lowest BCUT2D eigenvalue weighted by Gasteiger charge is -2.15. The molecule has 0 spiro atoms. The second kappa shape index (κ2) is 8.21. The summed E-state index contributed by atoms with van der Waals surface area (Å²) in [7, 11) is 0. The van der Waals surface area contributed by atoms with Gasteiger partial charge >= 0.3 is 0 Å². The van der Waals surface area contributed by atoms with Gasteiger partial charge in [0.25, 0.3) is 0 Å². The molecule has 1 fully saturated rings. The highest BCUT2D eigenvalue weighted by Crippen LogP contribution is 2.32. The summed E-state index contributed by atoms with van der Waals surface area (Å²) in [6, 6.07) is 4.05. The molecule has 126 valence electrons. The standard InChI is InChI=1S/C15H15N5OS.C2H6/c1-2-14(20-10-19-13-7-17-9-18-15(13)20)21-11(1)8-22-12-3-5-16-6-4-12;1-2/h3-7,9-11,14H,1-2,8H2;1-2H3/t11-,14?;/m0./s1. The number of pyridine rings is 1. The van der Waals surface area contributed by atoms with Crippen molar-refractivity contribution in [2.24, 2.45) is 0 Å². The highest BCUT2D eigenvalue weighted by Gasteiger charge is 2.27. The first-order valence-electron chi connectivity index (χ1n) is 8.21. The van der Waals surface area contributed by atoms with E-state index >= 15 is 0 Å². The molecule has 6 nitrogen and oxygen atoms in total. The van der Waals surface area contributed by atoms with Gasteiger partial charge < -0.3 is 4.74 Å². The molecular weight excluding hydrogens is 322 g/mol. The average molecular weight is 343 g/mol. The quantitative estimate of drug-likeness (QED) is 0.673. The Morgan fingerprint density at radius 2 is 2.00 bits per heavy atom. The topological polar surface area (TPSA) is 65.7 Å². The van der Waals surface area contributed by atoms with Gasteiger partial charge in [-0.15, -0.1) is 11.8 Å². The van der Waals surface area contributed by atoms with Crippen LogP contribution in [0.3, 0.4) is 0 Å². The molecule has 0 saturated carbocycles. The third-order valence-corrected chi connectivity index (χ3v) is 4.86. The minimum absolute atomic E-state index is 0.0166. The number of hydrogen-bond acceptors (Lipinski definition) is 6. The van der Waals surface area contributed by atoms with Gasteiger partial charge in [-0.3, -0.25) is 9.55 Å². The molecule has 1 aliphatic rings. The Hall–Kier alpha value is -1.99. The first-order chi connectivity index (χ1) is 11.9. The first-order valence-corrected chi connectivity index (χ1v) is 9.19. The number of thioether (sulfide) groups is 1. The van der Waals surface area contributed by atoms with Gasteiger partial charge in [0.05, 0.1) is 18.6 Å². The van der Waals surface area contributed by atoms with E-state index in [1.807, 2.05) is 42.9 Å². The van der Waals surface area contributed by atoms with Crippen LogP contribution < -0.4 is 0 Å². The molecule has 0 amide bonds. The van der Waals surface area contributed by atoms with Gasteiger partial charge in [-0.25, -0.2) is 15.0 Å². The summed E-state index contributed by atoms with van der Waals surface area (Å²) < 4.78 is 8.17. The molecule has 4 rings (SSSR count). The Bertz CT molecular complexity index is 764. The van der Waals surface area contributed by atoms with Crippen LogP contribution in [-0.4, -0.2) is 36.4 Å². The van der Waals surface area contributed by atoms with E-state index < -0.39 is 0 Å². The van der Waals surface area contributed by atoms with Gasteiger partial charge in [-0.1, -0.05) is 13.8 Å². The van der Waals surface area contributed by atoms with Gasteiger partial charge in [0.1, 0.15) is 18.1 Å². The molecule has 7 heteroatoms. The van der Waals surface area contributed by atoms with E-state index in [1.54, 1.807) is 30.6 Å². The second-order valence-electron chi connectivity index (χ2n) is 5.17. The van der Waals surface area contributed by atoms with E-state index in [2.05, 4.69) is 19.9 Å². The fraction of sp³-hybridized carbons (Fsp3) is 0.412. The van der Waals surface area contributed by atoms with Crippen molar-refractivity contribution in [2.75, 3.05) is 5.75 Å². The normalized spacial score (nSPS) is 19.9. The maximum Gasteiger partial charge on any atom is 0.165 e. The molecule has 3 aromatic heterocycles. The number of aromatic nitrogens is 5. The average Bonchev–Trinajstić information content (AvgIpc) is 3.29. The highest BCUT2D eigenvalue weighted by molar-refractivity contribution is 7.99.